The molecule has 2 aromatic rings. The molecule has 0 saturated heterocycles. The van der Waals surface area contributed by atoms with Gasteiger partial charge in [0, 0.05) is 18.6 Å². The van der Waals surface area contributed by atoms with E-state index in [0.717, 1.165) is 23.1 Å². The Labute approximate surface area is 142 Å². The molecule has 0 atom stereocenters. The Hall–Kier alpha value is -2.22. The summed E-state index contributed by atoms with van der Waals surface area (Å²) in [5.74, 6) is 0.512. The van der Waals surface area contributed by atoms with Crippen LogP contribution < -0.4 is 10.5 Å². The van der Waals surface area contributed by atoms with Crippen molar-refractivity contribution in [1.29, 1.82) is 0 Å². The summed E-state index contributed by atoms with van der Waals surface area (Å²) in [4.78, 5) is 12.5. The van der Waals surface area contributed by atoms with Gasteiger partial charge in [0.15, 0.2) is 9.84 Å². The van der Waals surface area contributed by atoms with Crippen molar-refractivity contribution in [3.8, 4) is 5.88 Å². The molecule has 0 unspecified atom stereocenters. The molecule has 8 heteroatoms. The van der Waals surface area contributed by atoms with Gasteiger partial charge < -0.3 is 10.5 Å². The van der Waals surface area contributed by atoms with Gasteiger partial charge in [-0.15, -0.1) is 0 Å². The molecule has 2 rings (SSSR count). The first-order chi connectivity index (χ1) is 11.2. The first-order valence-electron chi connectivity index (χ1n) is 7.56. The third-order valence-electron chi connectivity index (χ3n) is 3.62. The molecule has 0 aliphatic rings. The molecule has 0 amide bonds. The Morgan fingerprint density at radius 2 is 1.83 bits per heavy atom. The number of ether oxygens (including phenoxy) is 1. The number of aromatic nitrogens is 3. The smallest absolute Gasteiger partial charge is 0.232 e. The molecule has 24 heavy (non-hydrogen) atoms. The standard InChI is InChI=1S/C16H22N4O3S/c1-10(2)14-12(6-5-11-8-18-16(17)19-9-11)7-13(24(4,21)22)15(20-14)23-3/h7-10H,5-6H2,1-4H3,(H2,17,18,19). The predicted octanol–water partition coefficient (Wildman–Crippen LogP) is 1.77. The van der Waals surface area contributed by atoms with E-state index in [2.05, 4.69) is 15.0 Å². The molecule has 0 aromatic carbocycles. The van der Waals surface area contributed by atoms with Crippen LogP contribution in [0.5, 0.6) is 5.88 Å². The zero-order valence-electron chi connectivity index (χ0n) is 14.3. The quantitative estimate of drug-likeness (QED) is 0.846. The van der Waals surface area contributed by atoms with Crippen molar-refractivity contribution in [3.05, 3.63) is 35.3 Å². The van der Waals surface area contributed by atoms with Gasteiger partial charge in [0.05, 0.1) is 12.8 Å². The zero-order valence-corrected chi connectivity index (χ0v) is 15.1. The molecule has 2 heterocycles. The maximum absolute atomic E-state index is 12.0. The van der Waals surface area contributed by atoms with E-state index in [1.165, 1.54) is 7.11 Å². The van der Waals surface area contributed by atoms with Gasteiger partial charge in [0.2, 0.25) is 11.8 Å². The topological polar surface area (TPSA) is 108 Å². The van der Waals surface area contributed by atoms with Crippen molar-refractivity contribution in [1.82, 2.24) is 15.0 Å². The van der Waals surface area contributed by atoms with E-state index in [1.807, 2.05) is 13.8 Å². The van der Waals surface area contributed by atoms with E-state index >= 15 is 0 Å². The molecule has 0 fully saturated rings. The van der Waals surface area contributed by atoms with Crippen LogP contribution in [0.15, 0.2) is 23.4 Å². The SMILES string of the molecule is COc1nc(C(C)C)c(CCc2cnc(N)nc2)cc1S(C)(=O)=O. The summed E-state index contributed by atoms with van der Waals surface area (Å²) in [5, 5.41) is 0. The number of rotatable bonds is 6. The number of methoxy groups -OCH3 is 1. The fourth-order valence-electron chi connectivity index (χ4n) is 2.42. The molecule has 2 aromatic heterocycles. The minimum absolute atomic E-state index is 0.109. The molecule has 0 aliphatic carbocycles. The van der Waals surface area contributed by atoms with E-state index in [0.29, 0.717) is 12.8 Å². The Morgan fingerprint density at radius 1 is 1.21 bits per heavy atom. The van der Waals surface area contributed by atoms with Crippen molar-refractivity contribution >= 4 is 15.8 Å². The Kier molecular flexibility index (Phi) is 5.38. The summed E-state index contributed by atoms with van der Waals surface area (Å²) in [6.07, 6.45) is 5.79. The molecule has 7 nitrogen and oxygen atoms in total. The van der Waals surface area contributed by atoms with E-state index < -0.39 is 9.84 Å². The highest BCUT2D eigenvalue weighted by molar-refractivity contribution is 7.90. The summed E-state index contributed by atoms with van der Waals surface area (Å²) in [6.45, 7) is 4.02. The van der Waals surface area contributed by atoms with Crippen LogP contribution in [-0.4, -0.2) is 36.7 Å². The van der Waals surface area contributed by atoms with Gasteiger partial charge in [-0.3, -0.25) is 0 Å². The Balaban J connectivity index is 2.41. The first-order valence-corrected chi connectivity index (χ1v) is 9.45. The van der Waals surface area contributed by atoms with Crippen LogP contribution in [0.1, 0.15) is 36.6 Å². The monoisotopic (exact) mass is 350 g/mol. The first kappa shape index (κ1) is 18.1. The molecular formula is C16H22N4O3S. The summed E-state index contributed by atoms with van der Waals surface area (Å²) in [7, 11) is -2.00. The van der Waals surface area contributed by atoms with Crippen LogP contribution in [0.2, 0.25) is 0 Å². The van der Waals surface area contributed by atoms with Gasteiger partial charge in [0.1, 0.15) is 4.90 Å². The molecule has 0 aliphatic heterocycles. The lowest BCUT2D eigenvalue weighted by atomic mass is 9.99. The number of aryl methyl sites for hydroxylation is 2. The largest absolute Gasteiger partial charge is 0.480 e. The lowest BCUT2D eigenvalue weighted by molar-refractivity contribution is 0.382. The van der Waals surface area contributed by atoms with Crippen molar-refractivity contribution in [2.24, 2.45) is 0 Å². The number of nitrogens with two attached hydrogens (primary N) is 1. The van der Waals surface area contributed by atoms with Crippen LogP contribution in [0.25, 0.3) is 0 Å². The van der Waals surface area contributed by atoms with E-state index in [9.17, 15) is 8.42 Å². The van der Waals surface area contributed by atoms with Gasteiger partial charge in [-0.25, -0.2) is 23.4 Å². The maximum atomic E-state index is 12.0. The number of sulfone groups is 1. The number of nitrogen functional groups attached to an aromatic ring is 1. The van der Waals surface area contributed by atoms with Crippen LogP contribution in [0.4, 0.5) is 5.95 Å². The average molecular weight is 350 g/mol. The highest BCUT2D eigenvalue weighted by Crippen LogP contribution is 2.29. The molecule has 0 bridgehead atoms. The third-order valence-corrected chi connectivity index (χ3v) is 4.71. The van der Waals surface area contributed by atoms with Crippen molar-refractivity contribution in [2.75, 3.05) is 19.1 Å². The van der Waals surface area contributed by atoms with Crippen molar-refractivity contribution < 1.29 is 13.2 Å². The number of nitrogens with zero attached hydrogens (tertiary/aromatic N) is 3. The molecule has 0 saturated carbocycles. The van der Waals surface area contributed by atoms with Gasteiger partial charge in [0.25, 0.3) is 0 Å². The lowest BCUT2D eigenvalue weighted by Crippen LogP contribution is -2.09. The van der Waals surface area contributed by atoms with Gasteiger partial charge >= 0.3 is 0 Å². The van der Waals surface area contributed by atoms with E-state index in [1.54, 1.807) is 18.5 Å². The second-order valence-corrected chi connectivity index (χ2v) is 7.90. The van der Waals surface area contributed by atoms with Crippen LogP contribution >= 0.6 is 0 Å². The number of pyridine rings is 1. The maximum Gasteiger partial charge on any atom is 0.232 e. The summed E-state index contributed by atoms with van der Waals surface area (Å²) in [5.41, 5.74) is 8.12. The van der Waals surface area contributed by atoms with Gasteiger partial charge in [-0.1, -0.05) is 13.8 Å². The molecular weight excluding hydrogens is 328 g/mol. The Bertz CT molecular complexity index is 818. The summed E-state index contributed by atoms with van der Waals surface area (Å²) < 4.78 is 29.2. The van der Waals surface area contributed by atoms with Crippen molar-refractivity contribution in [3.63, 3.8) is 0 Å². The molecule has 130 valence electrons. The molecule has 2 N–H and O–H groups in total. The van der Waals surface area contributed by atoms with Crippen LogP contribution in [0.3, 0.4) is 0 Å². The minimum atomic E-state index is -3.43. The number of anilines is 1. The molecule has 0 spiro atoms. The lowest BCUT2D eigenvalue weighted by Gasteiger charge is -2.16. The van der Waals surface area contributed by atoms with Gasteiger partial charge in [-0.2, -0.15) is 0 Å². The zero-order chi connectivity index (χ0) is 17.9. The van der Waals surface area contributed by atoms with Gasteiger partial charge in [-0.05, 0) is 36.0 Å². The minimum Gasteiger partial charge on any atom is -0.480 e. The molecule has 0 radical (unpaired) electrons. The van der Waals surface area contributed by atoms with Crippen molar-refractivity contribution in [2.45, 2.75) is 37.5 Å². The number of hydrogen-bond donors (Lipinski definition) is 1. The van der Waals surface area contributed by atoms with E-state index in [4.69, 9.17) is 10.5 Å². The highest BCUT2D eigenvalue weighted by Gasteiger charge is 2.21. The fraction of sp³-hybridized carbons (Fsp3) is 0.438. The fourth-order valence-corrected chi connectivity index (χ4v) is 3.22. The normalized spacial score (nSPS) is 11.7. The number of hydrogen-bond acceptors (Lipinski definition) is 7. The third kappa shape index (κ3) is 4.19. The van der Waals surface area contributed by atoms with Crippen LogP contribution in [-0.2, 0) is 22.7 Å². The summed E-state index contributed by atoms with van der Waals surface area (Å²) >= 11 is 0. The average Bonchev–Trinajstić information content (AvgIpc) is 2.52. The predicted molar refractivity (Wildman–Crippen MR) is 91.8 cm³/mol. The second kappa shape index (κ2) is 7.12. The van der Waals surface area contributed by atoms with Crippen LogP contribution in [0, 0.1) is 0 Å². The Morgan fingerprint density at radius 3 is 2.33 bits per heavy atom. The second-order valence-electron chi connectivity index (χ2n) is 5.92. The summed E-state index contributed by atoms with van der Waals surface area (Å²) in [6, 6.07) is 1.66. The highest BCUT2D eigenvalue weighted by atomic mass is 32.2. The van der Waals surface area contributed by atoms with E-state index in [-0.39, 0.29) is 22.6 Å².